The maximum Gasteiger partial charge on any atom is 0.248 e. The monoisotopic (exact) mass is 293 g/mol. The summed E-state index contributed by atoms with van der Waals surface area (Å²) in [6.45, 7) is 1.00. The normalized spacial score (nSPS) is 22.7. The number of amides is 2. The van der Waals surface area contributed by atoms with E-state index in [1.165, 1.54) is 11.3 Å². The number of hydrogen-bond acceptors (Lipinski definition) is 4. The molecule has 20 heavy (non-hydrogen) atoms. The predicted octanol–water partition coefficient (Wildman–Crippen LogP) is 1.69. The SMILES string of the molecule is O=C1CCN(Cc2cscn2)C(=O)C2(CCCCC2)N1. The van der Waals surface area contributed by atoms with Crippen LogP contribution in [0.4, 0.5) is 0 Å². The molecular weight excluding hydrogens is 274 g/mol. The van der Waals surface area contributed by atoms with E-state index in [2.05, 4.69) is 10.3 Å². The molecular formula is C14H19N3O2S. The Labute approximate surface area is 122 Å². The van der Waals surface area contributed by atoms with Gasteiger partial charge in [0.25, 0.3) is 0 Å². The average Bonchev–Trinajstić information content (AvgIpc) is 2.93. The van der Waals surface area contributed by atoms with Gasteiger partial charge >= 0.3 is 0 Å². The number of nitrogens with one attached hydrogen (secondary N) is 1. The maximum absolute atomic E-state index is 12.9. The van der Waals surface area contributed by atoms with Crippen molar-refractivity contribution in [3.8, 4) is 0 Å². The van der Waals surface area contributed by atoms with Crippen molar-refractivity contribution >= 4 is 23.2 Å². The van der Waals surface area contributed by atoms with Crippen LogP contribution >= 0.6 is 11.3 Å². The Kier molecular flexibility index (Phi) is 3.74. The van der Waals surface area contributed by atoms with Gasteiger partial charge in [0.2, 0.25) is 11.8 Å². The van der Waals surface area contributed by atoms with Crippen LogP contribution in [-0.4, -0.2) is 33.8 Å². The van der Waals surface area contributed by atoms with Gasteiger partial charge in [0, 0.05) is 18.3 Å². The van der Waals surface area contributed by atoms with Crippen molar-refractivity contribution in [1.29, 1.82) is 0 Å². The van der Waals surface area contributed by atoms with Crippen LogP contribution in [0.5, 0.6) is 0 Å². The first-order valence-electron chi connectivity index (χ1n) is 7.17. The molecule has 0 aromatic carbocycles. The van der Waals surface area contributed by atoms with Crippen LogP contribution in [0.25, 0.3) is 0 Å². The largest absolute Gasteiger partial charge is 0.342 e. The van der Waals surface area contributed by atoms with Crippen molar-refractivity contribution in [2.75, 3.05) is 6.54 Å². The lowest BCUT2D eigenvalue weighted by Gasteiger charge is -2.37. The number of carbonyl (C=O) groups excluding carboxylic acids is 2. The molecule has 1 aromatic rings. The zero-order valence-electron chi connectivity index (χ0n) is 11.4. The minimum atomic E-state index is -0.651. The zero-order chi connectivity index (χ0) is 14.0. The topological polar surface area (TPSA) is 62.3 Å². The summed E-state index contributed by atoms with van der Waals surface area (Å²) in [5.41, 5.74) is 2.03. The number of rotatable bonds is 2. The van der Waals surface area contributed by atoms with E-state index in [-0.39, 0.29) is 11.8 Å². The van der Waals surface area contributed by atoms with Crippen molar-refractivity contribution in [3.05, 3.63) is 16.6 Å². The molecule has 2 amide bonds. The smallest absolute Gasteiger partial charge is 0.248 e. The third-order valence-corrected chi connectivity index (χ3v) is 4.86. The second-order valence-corrected chi connectivity index (χ2v) is 6.37. The van der Waals surface area contributed by atoms with E-state index in [1.54, 1.807) is 10.4 Å². The van der Waals surface area contributed by atoms with Crippen molar-refractivity contribution in [1.82, 2.24) is 15.2 Å². The number of nitrogens with zero attached hydrogens (tertiary/aromatic N) is 2. The highest BCUT2D eigenvalue weighted by Crippen LogP contribution is 2.32. The molecule has 1 aliphatic heterocycles. The molecule has 2 heterocycles. The highest BCUT2D eigenvalue weighted by molar-refractivity contribution is 7.07. The summed E-state index contributed by atoms with van der Waals surface area (Å²) in [5, 5.41) is 4.96. The van der Waals surface area contributed by atoms with Gasteiger partial charge in [-0.3, -0.25) is 9.59 Å². The van der Waals surface area contributed by atoms with Gasteiger partial charge < -0.3 is 10.2 Å². The summed E-state index contributed by atoms with van der Waals surface area (Å²) >= 11 is 1.53. The number of carbonyl (C=O) groups is 2. The van der Waals surface area contributed by atoms with Gasteiger partial charge in [-0.25, -0.2) is 4.98 Å². The zero-order valence-corrected chi connectivity index (χ0v) is 12.2. The summed E-state index contributed by atoms with van der Waals surface area (Å²) in [6, 6.07) is 0. The quantitative estimate of drug-likeness (QED) is 0.902. The third kappa shape index (κ3) is 2.57. The van der Waals surface area contributed by atoms with E-state index in [1.807, 2.05) is 5.38 Å². The Morgan fingerprint density at radius 3 is 2.80 bits per heavy atom. The number of thiazole rings is 1. The highest BCUT2D eigenvalue weighted by atomic mass is 32.1. The summed E-state index contributed by atoms with van der Waals surface area (Å²) < 4.78 is 0. The first kappa shape index (κ1) is 13.5. The van der Waals surface area contributed by atoms with Gasteiger partial charge in [-0.2, -0.15) is 0 Å². The third-order valence-electron chi connectivity index (χ3n) is 4.23. The van der Waals surface area contributed by atoms with E-state index in [9.17, 15) is 9.59 Å². The van der Waals surface area contributed by atoms with E-state index < -0.39 is 5.54 Å². The van der Waals surface area contributed by atoms with Crippen molar-refractivity contribution in [2.45, 2.75) is 50.6 Å². The molecule has 0 bridgehead atoms. The van der Waals surface area contributed by atoms with Gasteiger partial charge in [-0.1, -0.05) is 19.3 Å². The Bertz CT molecular complexity index is 495. The van der Waals surface area contributed by atoms with Crippen LogP contribution in [0.2, 0.25) is 0 Å². The van der Waals surface area contributed by atoms with Crippen LogP contribution in [0.15, 0.2) is 10.9 Å². The van der Waals surface area contributed by atoms with Gasteiger partial charge in [-0.05, 0) is 12.8 Å². The highest BCUT2D eigenvalue weighted by Gasteiger charge is 2.45. The molecule has 3 rings (SSSR count). The Hall–Kier alpha value is -1.43. The van der Waals surface area contributed by atoms with Crippen LogP contribution in [0.3, 0.4) is 0 Å². The lowest BCUT2D eigenvalue weighted by molar-refractivity contribution is -0.140. The Morgan fingerprint density at radius 2 is 2.10 bits per heavy atom. The van der Waals surface area contributed by atoms with Gasteiger partial charge in [-0.15, -0.1) is 11.3 Å². The van der Waals surface area contributed by atoms with Crippen LogP contribution in [-0.2, 0) is 16.1 Å². The standard InChI is InChI=1S/C14H19N3O2S/c18-12-4-7-17(8-11-9-20-10-15-11)13(19)14(16-12)5-2-1-3-6-14/h9-10H,1-8H2,(H,16,18). The fourth-order valence-electron chi connectivity index (χ4n) is 3.18. The first-order valence-corrected chi connectivity index (χ1v) is 8.11. The minimum absolute atomic E-state index is 0.000952. The lowest BCUT2D eigenvalue weighted by atomic mass is 9.80. The van der Waals surface area contributed by atoms with E-state index in [0.717, 1.165) is 37.8 Å². The molecule has 0 atom stereocenters. The second-order valence-electron chi connectivity index (χ2n) is 5.65. The molecule has 0 unspecified atom stereocenters. The molecule has 0 radical (unpaired) electrons. The molecule has 2 fully saturated rings. The molecule has 1 aromatic heterocycles. The van der Waals surface area contributed by atoms with Gasteiger partial charge in [0.15, 0.2) is 0 Å². The van der Waals surface area contributed by atoms with Crippen molar-refractivity contribution in [2.24, 2.45) is 0 Å². The lowest BCUT2D eigenvalue weighted by Crippen LogP contribution is -2.57. The fourth-order valence-corrected chi connectivity index (χ4v) is 3.73. The molecule has 1 saturated heterocycles. The Morgan fingerprint density at radius 1 is 1.30 bits per heavy atom. The summed E-state index contributed by atoms with van der Waals surface area (Å²) in [4.78, 5) is 30.9. The summed E-state index contributed by atoms with van der Waals surface area (Å²) in [7, 11) is 0. The maximum atomic E-state index is 12.9. The van der Waals surface area contributed by atoms with Crippen LogP contribution in [0, 0.1) is 0 Å². The Balaban J connectivity index is 1.83. The summed E-state index contributed by atoms with van der Waals surface area (Å²) in [6.07, 6.45) is 5.10. The molecule has 1 N–H and O–H groups in total. The van der Waals surface area contributed by atoms with Gasteiger partial charge in [0.1, 0.15) is 5.54 Å². The second kappa shape index (κ2) is 5.52. The van der Waals surface area contributed by atoms with Crippen LogP contribution < -0.4 is 5.32 Å². The van der Waals surface area contributed by atoms with E-state index in [4.69, 9.17) is 0 Å². The molecule has 108 valence electrons. The van der Waals surface area contributed by atoms with Crippen molar-refractivity contribution < 1.29 is 9.59 Å². The molecule has 6 heteroatoms. The molecule has 2 aliphatic rings. The van der Waals surface area contributed by atoms with E-state index in [0.29, 0.717) is 19.5 Å². The molecule has 1 saturated carbocycles. The fraction of sp³-hybridized carbons (Fsp3) is 0.643. The first-order chi connectivity index (χ1) is 9.70. The van der Waals surface area contributed by atoms with Crippen LogP contribution in [0.1, 0.15) is 44.2 Å². The molecule has 1 aliphatic carbocycles. The molecule has 5 nitrogen and oxygen atoms in total. The number of aromatic nitrogens is 1. The number of hydrogen-bond donors (Lipinski definition) is 1. The van der Waals surface area contributed by atoms with E-state index >= 15 is 0 Å². The average molecular weight is 293 g/mol. The predicted molar refractivity (Wildman–Crippen MR) is 76.1 cm³/mol. The molecule has 1 spiro atoms. The minimum Gasteiger partial charge on any atom is -0.342 e. The summed E-state index contributed by atoms with van der Waals surface area (Å²) in [5.74, 6) is 0.0806. The van der Waals surface area contributed by atoms with Gasteiger partial charge in [0.05, 0.1) is 17.7 Å². The van der Waals surface area contributed by atoms with Crippen molar-refractivity contribution in [3.63, 3.8) is 0 Å².